The fourth-order valence-corrected chi connectivity index (χ4v) is 10.5. The van der Waals surface area contributed by atoms with Gasteiger partial charge in [-0.1, -0.05) is 11.8 Å². The minimum Gasteiger partial charge on any atom is -0.492 e. The van der Waals surface area contributed by atoms with Crippen LogP contribution in [0.15, 0.2) is 48.8 Å². The smallest absolute Gasteiger partial charge is 0.416 e. The molecule has 1 N–H and O–H groups in total. The van der Waals surface area contributed by atoms with Gasteiger partial charge in [0.15, 0.2) is 11.5 Å². The highest BCUT2D eigenvalue weighted by atomic mass is 32.2. The second-order valence-corrected chi connectivity index (χ2v) is 16.3. The van der Waals surface area contributed by atoms with Gasteiger partial charge in [-0.3, -0.25) is 14.6 Å². The summed E-state index contributed by atoms with van der Waals surface area (Å²) in [6.07, 6.45) is 4.56. The molecular formula is C37H39F3N6O5S. The maximum absolute atomic E-state index is 13.8. The third-order valence-electron chi connectivity index (χ3n) is 10.6. The van der Waals surface area contributed by atoms with Crippen LogP contribution in [-0.4, -0.2) is 78.9 Å². The van der Waals surface area contributed by atoms with Gasteiger partial charge in [0.1, 0.15) is 5.75 Å². The third-order valence-corrected chi connectivity index (χ3v) is 12.1. The van der Waals surface area contributed by atoms with Crippen molar-refractivity contribution >= 4 is 27.7 Å². The summed E-state index contributed by atoms with van der Waals surface area (Å²) in [5.41, 5.74) is -1.04. The first-order valence-corrected chi connectivity index (χ1v) is 19.2. The van der Waals surface area contributed by atoms with Gasteiger partial charge in [0.05, 0.1) is 24.1 Å². The van der Waals surface area contributed by atoms with Gasteiger partial charge in [0.25, 0.3) is 11.8 Å². The summed E-state index contributed by atoms with van der Waals surface area (Å²) in [6, 6.07) is 7.67. The largest absolute Gasteiger partial charge is 0.492 e. The molecule has 4 bridgehead atoms. The number of ether oxygens (including phenoxy) is 1. The Morgan fingerprint density at radius 1 is 0.923 bits per heavy atom. The van der Waals surface area contributed by atoms with E-state index in [0.717, 1.165) is 31.4 Å². The second kappa shape index (κ2) is 14.0. The van der Waals surface area contributed by atoms with Crippen LogP contribution in [0.5, 0.6) is 5.75 Å². The number of carbonyl (C=O) groups excluding carboxylic acids is 2. The Bertz CT molecular complexity index is 1990. The van der Waals surface area contributed by atoms with Crippen molar-refractivity contribution < 1.29 is 35.9 Å². The lowest BCUT2D eigenvalue weighted by Crippen LogP contribution is -2.51. The molecule has 2 aromatic heterocycles. The molecule has 8 rings (SSSR count). The molecule has 3 heterocycles. The van der Waals surface area contributed by atoms with E-state index in [-0.39, 0.29) is 41.1 Å². The zero-order valence-corrected chi connectivity index (χ0v) is 29.5. The van der Waals surface area contributed by atoms with Crippen LogP contribution >= 0.6 is 0 Å². The van der Waals surface area contributed by atoms with Gasteiger partial charge in [-0.15, -0.1) is 10.2 Å². The van der Waals surface area contributed by atoms with Gasteiger partial charge >= 0.3 is 6.18 Å². The molecule has 0 unspecified atom stereocenters. The molecule has 2 amide bonds. The maximum Gasteiger partial charge on any atom is 0.416 e. The highest BCUT2D eigenvalue weighted by molar-refractivity contribution is 7.90. The van der Waals surface area contributed by atoms with E-state index in [2.05, 4.69) is 31.7 Å². The number of anilines is 1. The summed E-state index contributed by atoms with van der Waals surface area (Å²) in [6.45, 7) is 3.23. The number of benzene rings is 1. The topological polar surface area (TPSA) is 135 Å². The quantitative estimate of drug-likeness (QED) is 0.320. The Morgan fingerprint density at radius 3 is 2.21 bits per heavy atom. The molecule has 4 aliphatic carbocycles. The van der Waals surface area contributed by atoms with E-state index < -0.39 is 33.6 Å². The molecule has 3 aromatic rings. The number of halogens is 3. The fraction of sp³-hybridized carbons (Fsp3) is 0.486. The van der Waals surface area contributed by atoms with E-state index in [1.165, 1.54) is 48.7 Å². The summed E-state index contributed by atoms with van der Waals surface area (Å²) in [5.74, 6) is 6.72. The molecule has 52 heavy (non-hydrogen) atoms. The van der Waals surface area contributed by atoms with Crippen molar-refractivity contribution in [2.24, 2.45) is 23.2 Å². The van der Waals surface area contributed by atoms with E-state index in [1.54, 1.807) is 12.1 Å². The average molecular weight is 737 g/mol. The van der Waals surface area contributed by atoms with Gasteiger partial charge in [0, 0.05) is 49.1 Å². The van der Waals surface area contributed by atoms with Crippen LogP contribution in [0.4, 0.5) is 19.0 Å². The van der Waals surface area contributed by atoms with Crippen LogP contribution in [0.3, 0.4) is 0 Å². The van der Waals surface area contributed by atoms with Gasteiger partial charge in [0.2, 0.25) is 10.0 Å². The number of nitrogens with one attached hydrogen (secondary N) is 1. The summed E-state index contributed by atoms with van der Waals surface area (Å²) in [5, 5.41) is 8.12. The summed E-state index contributed by atoms with van der Waals surface area (Å²) in [4.78, 5) is 33.7. The van der Waals surface area contributed by atoms with Crippen LogP contribution < -0.4 is 14.4 Å². The zero-order valence-electron chi connectivity index (χ0n) is 28.7. The molecule has 5 aliphatic rings. The molecule has 1 aromatic carbocycles. The number of pyridine rings is 1. The molecule has 0 atom stereocenters. The van der Waals surface area contributed by atoms with E-state index in [0.29, 0.717) is 54.6 Å². The van der Waals surface area contributed by atoms with Crippen molar-refractivity contribution in [1.29, 1.82) is 0 Å². The first-order chi connectivity index (χ1) is 24.8. The normalized spacial score (nSPS) is 23.9. The zero-order chi connectivity index (χ0) is 36.7. The van der Waals surface area contributed by atoms with Crippen molar-refractivity contribution in [2.75, 3.05) is 43.4 Å². The molecule has 4 saturated carbocycles. The Balaban J connectivity index is 0.968. The molecule has 15 heteroatoms. The number of rotatable bonds is 8. The molecule has 5 fully saturated rings. The molecular weight excluding hydrogens is 698 g/mol. The molecule has 1 aliphatic heterocycles. The number of carbonyl (C=O) groups is 2. The van der Waals surface area contributed by atoms with Gasteiger partial charge < -0.3 is 14.5 Å². The molecule has 274 valence electrons. The predicted molar refractivity (Wildman–Crippen MR) is 185 cm³/mol. The number of hydrogen-bond donors (Lipinski definition) is 1. The average Bonchev–Trinajstić information content (AvgIpc) is 3.09. The molecule has 0 radical (unpaired) electrons. The lowest BCUT2D eigenvalue weighted by atomic mass is 9.50. The van der Waals surface area contributed by atoms with Crippen LogP contribution in [0.1, 0.15) is 83.0 Å². The molecule has 1 saturated heterocycles. The lowest BCUT2D eigenvalue weighted by molar-refractivity contribution is -0.137. The number of piperazine rings is 1. The molecule has 0 spiro atoms. The molecule has 11 nitrogen and oxygen atoms in total. The van der Waals surface area contributed by atoms with E-state index in [9.17, 15) is 31.2 Å². The SMILES string of the molecule is CCOc1cncc(C#Cc2cc(C(=O)N3CCN(c4ccc(C(=O)NS(=O)(=O)CC56CC7CC(CC(C7)C5)C6)nn4)CC3)cc(C(F)(F)F)c2)c1. The Kier molecular flexibility index (Phi) is 9.62. The van der Waals surface area contributed by atoms with Crippen molar-refractivity contribution in [3.63, 3.8) is 0 Å². The van der Waals surface area contributed by atoms with Crippen molar-refractivity contribution in [3.8, 4) is 17.6 Å². The minimum atomic E-state index is -4.69. The van der Waals surface area contributed by atoms with Crippen molar-refractivity contribution in [3.05, 3.63) is 76.7 Å². The van der Waals surface area contributed by atoms with E-state index in [4.69, 9.17) is 4.74 Å². The monoisotopic (exact) mass is 736 g/mol. The highest BCUT2D eigenvalue weighted by Gasteiger charge is 2.52. The van der Waals surface area contributed by atoms with Crippen LogP contribution in [0.2, 0.25) is 0 Å². The highest BCUT2D eigenvalue weighted by Crippen LogP contribution is 2.60. The summed E-state index contributed by atoms with van der Waals surface area (Å²) >= 11 is 0. The first-order valence-electron chi connectivity index (χ1n) is 17.5. The third kappa shape index (κ3) is 8.01. The standard InChI is InChI=1S/C37H39F3N6O5S/c1-2-51-31-16-25(21-41-22-31)4-3-24-14-29(17-30(15-24)37(38,39)40)35(48)46-9-7-45(8-10-46)33-6-5-32(42-43-33)34(47)44-52(49,50)23-36-18-26-11-27(19-36)13-28(12-26)20-36/h5-6,14-17,21-22,26-28H,2,7-13,18-20,23H2,1H3,(H,44,47). The lowest BCUT2D eigenvalue weighted by Gasteiger charge is -2.56. The predicted octanol–water partition coefficient (Wildman–Crippen LogP) is 4.93. The Labute approximate surface area is 300 Å². The maximum atomic E-state index is 13.8. The van der Waals surface area contributed by atoms with E-state index >= 15 is 0 Å². The van der Waals surface area contributed by atoms with Gasteiger partial charge in [-0.25, -0.2) is 13.1 Å². The number of amides is 2. The van der Waals surface area contributed by atoms with Crippen LogP contribution in [0, 0.1) is 35.0 Å². The number of hydrogen-bond acceptors (Lipinski definition) is 9. The number of nitrogens with zero attached hydrogens (tertiary/aromatic N) is 5. The number of aromatic nitrogens is 3. The van der Waals surface area contributed by atoms with E-state index in [1.807, 2.05) is 11.8 Å². The summed E-state index contributed by atoms with van der Waals surface area (Å²) in [7, 11) is -3.89. The summed E-state index contributed by atoms with van der Waals surface area (Å²) < 4.78 is 75.4. The minimum absolute atomic E-state index is 0.0265. The van der Waals surface area contributed by atoms with Gasteiger partial charge in [-0.05, 0) is 105 Å². The van der Waals surface area contributed by atoms with Gasteiger partial charge in [-0.2, -0.15) is 13.2 Å². The Morgan fingerprint density at radius 2 is 1.60 bits per heavy atom. The second-order valence-electron chi connectivity index (χ2n) is 14.6. The van der Waals surface area contributed by atoms with Crippen molar-refractivity contribution in [1.82, 2.24) is 24.8 Å². The Hall–Kier alpha value is -4.71. The van der Waals surface area contributed by atoms with Crippen molar-refractivity contribution in [2.45, 2.75) is 51.6 Å². The fourth-order valence-electron chi connectivity index (χ4n) is 8.90. The number of sulfonamides is 1. The van der Waals surface area contributed by atoms with Crippen LogP contribution in [-0.2, 0) is 16.2 Å². The first kappa shape index (κ1) is 35.7. The van der Waals surface area contributed by atoms with Crippen LogP contribution in [0.25, 0.3) is 0 Å². The number of alkyl halides is 3.